The smallest absolute Gasteiger partial charge is 0.310 e. The fourth-order valence-corrected chi connectivity index (χ4v) is 6.02. The van der Waals surface area contributed by atoms with Crippen molar-refractivity contribution in [1.82, 2.24) is 5.32 Å². The summed E-state index contributed by atoms with van der Waals surface area (Å²) in [5.74, 6) is 2.28. The number of fused-ring (bicyclic) bond motifs is 2. The first-order valence-electron chi connectivity index (χ1n) is 11.2. The molecule has 0 aromatic heterocycles. The zero-order valence-corrected chi connectivity index (χ0v) is 18.5. The molecule has 0 radical (unpaired) electrons. The predicted molar refractivity (Wildman–Crippen MR) is 117 cm³/mol. The van der Waals surface area contributed by atoms with Crippen molar-refractivity contribution in [3.05, 3.63) is 35.9 Å². The molecule has 0 amide bonds. The highest BCUT2D eigenvalue weighted by atomic mass is 16.6. The third-order valence-electron chi connectivity index (χ3n) is 7.72. The summed E-state index contributed by atoms with van der Waals surface area (Å²) in [6, 6.07) is 6.00. The average molecular weight is 414 g/mol. The Balaban J connectivity index is 1.33. The van der Waals surface area contributed by atoms with Gasteiger partial charge in [0, 0.05) is 12.5 Å². The van der Waals surface area contributed by atoms with E-state index >= 15 is 0 Å². The molecule has 5 atom stereocenters. The predicted octanol–water partition coefficient (Wildman–Crippen LogP) is 4.15. The number of ether oxygens (including phenoxy) is 3. The van der Waals surface area contributed by atoms with E-state index in [2.05, 4.69) is 24.9 Å². The van der Waals surface area contributed by atoms with Crippen LogP contribution in [-0.4, -0.2) is 39.4 Å². The maximum Gasteiger partial charge on any atom is 0.310 e. The minimum Gasteiger partial charge on any atom is -0.493 e. The first kappa shape index (κ1) is 21.2. The zero-order valence-electron chi connectivity index (χ0n) is 18.5. The van der Waals surface area contributed by atoms with Gasteiger partial charge in [-0.2, -0.15) is 0 Å². The van der Waals surface area contributed by atoms with Gasteiger partial charge in [0.2, 0.25) is 0 Å². The summed E-state index contributed by atoms with van der Waals surface area (Å²) in [7, 11) is 3.29. The number of hydrogen-bond acceptors (Lipinski definition) is 5. The van der Waals surface area contributed by atoms with Crippen molar-refractivity contribution in [2.24, 2.45) is 23.2 Å². The minimum absolute atomic E-state index is 0.0172. The van der Waals surface area contributed by atoms with E-state index in [-0.39, 0.29) is 23.4 Å². The summed E-state index contributed by atoms with van der Waals surface area (Å²) in [5.41, 5.74) is 2.83. The van der Waals surface area contributed by atoms with E-state index in [0.29, 0.717) is 18.4 Å². The van der Waals surface area contributed by atoms with Gasteiger partial charge in [-0.1, -0.05) is 25.1 Å². The zero-order chi connectivity index (χ0) is 21.3. The van der Waals surface area contributed by atoms with Crippen molar-refractivity contribution in [3.8, 4) is 11.5 Å². The lowest BCUT2D eigenvalue weighted by Gasteiger charge is -2.50. The van der Waals surface area contributed by atoms with Crippen molar-refractivity contribution in [1.29, 1.82) is 0 Å². The van der Waals surface area contributed by atoms with Gasteiger partial charge in [0.15, 0.2) is 11.5 Å². The fourth-order valence-electron chi connectivity index (χ4n) is 6.02. The van der Waals surface area contributed by atoms with E-state index in [1.807, 2.05) is 12.1 Å². The first-order chi connectivity index (χ1) is 14.4. The molecule has 3 fully saturated rings. The maximum absolute atomic E-state index is 12.6. The number of carbonyl (C=O) groups excluding carboxylic acids is 1. The minimum atomic E-state index is -0.0420. The van der Waals surface area contributed by atoms with Crippen LogP contribution in [-0.2, 0) is 16.0 Å². The lowest BCUT2D eigenvalue weighted by molar-refractivity contribution is -0.146. The second-order valence-corrected chi connectivity index (χ2v) is 9.55. The van der Waals surface area contributed by atoms with E-state index in [9.17, 15) is 4.79 Å². The SMILES string of the molecule is C=C1CCC[C@@]2(C)C[C@H]3OC(=O)[C@@H](CNCCc4ccc(OC)c(OC)c4)[C@@H]3C[C@H]12. The van der Waals surface area contributed by atoms with Crippen LogP contribution in [0.2, 0.25) is 0 Å². The standard InChI is InChI=1S/C25H35NO4/c1-16-6-5-10-25(2)14-23-18(13-20(16)25)19(24(27)30-23)15-26-11-9-17-7-8-21(28-3)22(12-17)29-4/h7-8,12,18-20,23,26H,1,5-6,9-11,13-15H2,2-4H3/t18-,19-,20+,23+,25-/m0/s1. The molecule has 5 heteroatoms. The van der Waals surface area contributed by atoms with Crippen LogP contribution in [0.3, 0.4) is 0 Å². The van der Waals surface area contributed by atoms with Crippen LogP contribution in [0.25, 0.3) is 0 Å². The highest BCUT2D eigenvalue weighted by Gasteiger charge is 2.54. The maximum atomic E-state index is 12.6. The number of rotatable bonds is 7. The van der Waals surface area contributed by atoms with E-state index in [1.165, 1.54) is 24.0 Å². The molecule has 4 rings (SSSR count). The summed E-state index contributed by atoms with van der Waals surface area (Å²) in [5, 5.41) is 3.50. The van der Waals surface area contributed by atoms with E-state index in [0.717, 1.165) is 43.7 Å². The number of nitrogens with one attached hydrogen (secondary N) is 1. The van der Waals surface area contributed by atoms with Gasteiger partial charge in [0.1, 0.15) is 6.10 Å². The molecule has 1 N–H and O–H groups in total. The lowest BCUT2D eigenvalue weighted by Crippen LogP contribution is -2.45. The van der Waals surface area contributed by atoms with Gasteiger partial charge in [-0.25, -0.2) is 0 Å². The van der Waals surface area contributed by atoms with Crippen LogP contribution in [0.5, 0.6) is 11.5 Å². The number of methoxy groups -OCH3 is 2. The van der Waals surface area contributed by atoms with E-state index in [1.54, 1.807) is 14.2 Å². The van der Waals surface area contributed by atoms with Gasteiger partial charge in [-0.15, -0.1) is 0 Å². The van der Waals surface area contributed by atoms with E-state index < -0.39 is 0 Å². The second kappa shape index (κ2) is 8.62. The van der Waals surface area contributed by atoms with Crippen LogP contribution in [0, 0.1) is 23.2 Å². The molecule has 0 spiro atoms. The lowest BCUT2D eigenvalue weighted by atomic mass is 9.55. The van der Waals surface area contributed by atoms with Crippen molar-refractivity contribution in [3.63, 3.8) is 0 Å². The molecule has 1 saturated heterocycles. The Labute approximate surface area is 180 Å². The molecule has 1 heterocycles. The molecule has 3 aliphatic rings. The third-order valence-corrected chi connectivity index (χ3v) is 7.72. The molecular weight excluding hydrogens is 378 g/mol. The highest BCUT2D eigenvalue weighted by Crippen LogP contribution is 2.56. The van der Waals surface area contributed by atoms with Crippen molar-refractivity contribution < 1.29 is 19.0 Å². The monoisotopic (exact) mass is 413 g/mol. The molecule has 5 nitrogen and oxygen atoms in total. The number of esters is 1. The number of allylic oxidation sites excluding steroid dienone is 1. The molecule has 1 aromatic carbocycles. The molecule has 0 bridgehead atoms. The Bertz CT molecular complexity index is 806. The van der Waals surface area contributed by atoms with E-state index in [4.69, 9.17) is 14.2 Å². The van der Waals surface area contributed by atoms with Crippen molar-refractivity contribution in [2.45, 2.75) is 51.6 Å². The molecule has 2 saturated carbocycles. The van der Waals surface area contributed by atoms with Gasteiger partial charge >= 0.3 is 5.97 Å². The summed E-state index contributed by atoms with van der Waals surface area (Å²) in [6.07, 6.45) is 6.59. The Morgan fingerprint density at radius 2 is 2.07 bits per heavy atom. The highest BCUT2D eigenvalue weighted by molar-refractivity contribution is 5.75. The number of carbonyl (C=O) groups is 1. The quantitative estimate of drug-likeness (QED) is 0.413. The summed E-state index contributed by atoms with van der Waals surface area (Å²) in [6.45, 7) is 8.25. The Morgan fingerprint density at radius 1 is 1.27 bits per heavy atom. The Morgan fingerprint density at radius 3 is 2.83 bits per heavy atom. The normalized spacial score (nSPS) is 32.9. The van der Waals surface area contributed by atoms with Crippen LogP contribution < -0.4 is 14.8 Å². The van der Waals surface area contributed by atoms with Crippen LogP contribution >= 0.6 is 0 Å². The van der Waals surface area contributed by atoms with Gasteiger partial charge in [0.25, 0.3) is 0 Å². The molecule has 2 aliphatic carbocycles. The van der Waals surface area contributed by atoms with Crippen molar-refractivity contribution >= 4 is 5.97 Å². The molecule has 1 aromatic rings. The molecule has 164 valence electrons. The third kappa shape index (κ3) is 3.96. The molecule has 1 aliphatic heterocycles. The Kier molecular flexibility index (Phi) is 6.10. The van der Waals surface area contributed by atoms with Crippen LogP contribution in [0.4, 0.5) is 0 Å². The van der Waals surface area contributed by atoms with Gasteiger partial charge in [-0.05, 0) is 74.1 Å². The van der Waals surface area contributed by atoms with Crippen molar-refractivity contribution in [2.75, 3.05) is 27.3 Å². The second-order valence-electron chi connectivity index (χ2n) is 9.55. The molecule has 0 unspecified atom stereocenters. The van der Waals surface area contributed by atoms with Crippen LogP contribution in [0.1, 0.15) is 44.6 Å². The van der Waals surface area contributed by atoms with Gasteiger partial charge in [-0.3, -0.25) is 4.79 Å². The number of benzene rings is 1. The summed E-state index contributed by atoms with van der Waals surface area (Å²) in [4.78, 5) is 12.6. The average Bonchev–Trinajstić information content (AvgIpc) is 3.03. The summed E-state index contributed by atoms with van der Waals surface area (Å²) < 4.78 is 16.5. The van der Waals surface area contributed by atoms with Crippen LogP contribution in [0.15, 0.2) is 30.4 Å². The molecular formula is C25H35NO4. The van der Waals surface area contributed by atoms with Gasteiger partial charge < -0.3 is 19.5 Å². The largest absolute Gasteiger partial charge is 0.493 e. The first-order valence-corrected chi connectivity index (χ1v) is 11.2. The summed E-state index contributed by atoms with van der Waals surface area (Å²) >= 11 is 0. The molecule has 30 heavy (non-hydrogen) atoms. The topological polar surface area (TPSA) is 56.8 Å². The fraction of sp³-hybridized carbons (Fsp3) is 0.640. The Hall–Kier alpha value is -2.01. The van der Waals surface area contributed by atoms with Gasteiger partial charge in [0.05, 0.1) is 20.1 Å². The number of hydrogen-bond donors (Lipinski definition) is 1.